The van der Waals surface area contributed by atoms with E-state index in [0.717, 1.165) is 31.5 Å². The lowest BCUT2D eigenvalue weighted by atomic mass is 9.86. The van der Waals surface area contributed by atoms with Crippen LogP contribution in [0.1, 0.15) is 31.5 Å². The van der Waals surface area contributed by atoms with Crippen molar-refractivity contribution in [3.63, 3.8) is 0 Å². The summed E-state index contributed by atoms with van der Waals surface area (Å²) in [5.74, 6) is 1.44. The van der Waals surface area contributed by atoms with Gasteiger partial charge in [-0.1, -0.05) is 6.42 Å². The Kier molecular flexibility index (Phi) is 3.39. The Labute approximate surface area is 110 Å². The molecule has 0 N–H and O–H groups in total. The van der Waals surface area contributed by atoms with E-state index >= 15 is 0 Å². The molecule has 0 radical (unpaired) electrons. The minimum Gasteiger partial charge on any atom is -0.465 e. The van der Waals surface area contributed by atoms with Crippen molar-refractivity contribution in [2.75, 3.05) is 6.61 Å². The second-order valence-corrected chi connectivity index (χ2v) is 4.79. The van der Waals surface area contributed by atoms with Gasteiger partial charge in [-0.25, -0.2) is 9.50 Å². The van der Waals surface area contributed by atoms with Crippen LogP contribution in [0.25, 0.3) is 5.78 Å². The molecule has 0 atom stereocenters. The zero-order valence-electron chi connectivity index (χ0n) is 10.7. The first-order chi connectivity index (χ1) is 9.33. The molecule has 19 heavy (non-hydrogen) atoms. The van der Waals surface area contributed by atoms with Crippen LogP contribution in [0.5, 0.6) is 0 Å². The van der Waals surface area contributed by atoms with Crippen molar-refractivity contribution in [3.05, 3.63) is 24.3 Å². The topological polar surface area (TPSA) is 69.4 Å². The molecule has 0 spiro atoms. The number of ether oxygens (including phenoxy) is 1. The molecule has 3 rings (SSSR count). The van der Waals surface area contributed by atoms with E-state index in [-0.39, 0.29) is 11.9 Å². The highest BCUT2D eigenvalue weighted by molar-refractivity contribution is 5.73. The fourth-order valence-electron chi connectivity index (χ4n) is 2.05. The molecule has 1 aliphatic rings. The maximum Gasteiger partial charge on any atom is 0.308 e. The van der Waals surface area contributed by atoms with E-state index < -0.39 is 0 Å². The van der Waals surface area contributed by atoms with Crippen LogP contribution in [0.15, 0.2) is 18.5 Å². The molecule has 0 aromatic carbocycles. The lowest BCUT2D eigenvalue weighted by Crippen LogP contribution is -2.24. The van der Waals surface area contributed by atoms with Crippen LogP contribution in [-0.4, -0.2) is 32.2 Å². The van der Waals surface area contributed by atoms with Gasteiger partial charge in [0.25, 0.3) is 5.78 Å². The molecule has 1 aliphatic carbocycles. The summed E-state index contributed by atoms with van der Waals surface area (Å²) in [6.45, 7) is 0.443. The summed E-state index contributed by atoms with van der Waals surface area (Å²) in [6, 6.07) is 1.81. The Balaban J connectivity index is 1.45. The van der Waals surface area contributed by atoms with Gasteiger partial charge in [0.15, 0.2) is 5.82 Å². The fourth-order valence-corrected chi connectivity index (χ4v) is 2.05. The molecule has 2 aromatic rings. The van der Waals surface area contributed by atoms with Crippen molar-refractivity contribution < 1.29 is 9.53 Å². The molecule has 6 nitrogen and oxygen atoms in total. The average molecular weight is 260 g/mol. The molecule has 0 bridgehead atoms. The predicted octanol–water partition coefficient (Wildman–Crippen LogP) is 1.40. The summed E-state index contributed by atoms with van der Waals surface area (Å²) < 4.78 is 6.87. The summed E-state index contributed by atoms with van der Waals surface area (Å²) in [4.78, 5) is 19.9. The van der Waals surface area contributed by atoms with Crippen LogP contribution in [0.3, 0.4) is 0 Å². The van der Waals surface area contributed by atoms with Crippen LogP contribution < -0.4 is 0 Å². The normalized spacial score (nSPS) is 15.4. The summed E-state index contributed by atoms with van der Waals surface area (Å²) in [5, 5.41) is 4.29. The SMILES string of the molecule is O=C(OCCCc1nc2ncccn2n1)C1CCC1. The van der Waals surface area contributed by atoms with Gasteiger partial charge in [-0.15, -0.1) is 5.10 Å². The summed E-state index contributed by atoms with van der Waals surface area (Å²) >= 11 is 0. The quantitative estimate of drug-likeness (QED) is 0.600. The molecule has 0 amide bonds. The standard InChI is InChI=1S/C13H16N4O2/c18-12(10-4-1-5-10)19-9-2-6-11-15-13-14-7-3-8-17(13)16-11/h3,7-8,10H,1-2,4-6,9H2. The van der Waals surface area contributed by atoms with Crippen LogP contribution in [0.2, 0.25) is 0 Å². The molecule has 1 saturated carbocycles. The van der Waals surface area contributed by atoms with Gasteiger partial charge in [0, 0.05) is 18.8 Å². The van der Waals surface area contributed by atoms with Crippen molar-refractivity contribution in [2.24, 2.45) is 5.92 Å². The van der Waals surface area contributed by atoms with Gasteiger partial charge in [0.05, 0.1) is 12.5 Å². The van der Waals surface area contributed by atoms with Crippen molar-refractivity contribution >= 4 is 11.7 Å². The van der Waals surface area contributed by atoms with Crippen LogP contribution in [0, 0.1) is 5.92 Å². The van der Waals surface area contributed by atoms with E-state index in [2.05, 4.69) is 15.1 Å². The molecule has 100 valence electrons. The number of hydrogen-bond acceptors (Lipinski definition) is 5. The Bertz CT molecular complexity index is 544. The van der Waals surface area contributed by atoms with E-state index in [1.165, 1.54) is 0 Å². The average Bonchev–Trinajstić information content (AvgIpc) is 2.75. The van der Waals surface area contributed by atoms with Crippen molar-refractivity contribution in [2.45, 2.75) is 32.1 Å². The Morgan fingerprint density at radius 2 is 2.37 bits per heavy atom. The molecule has 2 heterocycles. The second kappa shape index (κ2) is 5.34. The van der Waals surface area contributed by atoms with Gasteiger partial charge >= 0.3 is 5.97 Å². The number of nitrogens with zero attached hydrogens (tertiary/aromatic N) is 4. The largest absolute Gasteiger partial charge is 0.465 e. The highest BCUT2D eigenvalue weighted by Gasteiger charge is 2.26. The lowest BCUT2D eigenvalue weighted by Gasteiger charge is -2.22. The number of fused-ring (bicyclic) bond motifs is 1. The fraction of sp³-hybridized carbons (Fsp3) is 0.538. The van der Waals surface area contributed by atoms with Crippen molar-refractivity contribution in [3.8, 4) is 0 Å². The third-order valence-electron chi connectivity index (χ3n) is 3.39. The van der Waals surface area contributed by atoms with Crippen LogP contribution in [-0.2, 0) is 16.0 Å². The number of aryl methyl sites for hydroxylation is 1. The van der Waals surface area contributed by atoms with Crippen LogP contribution >= 0.6 is 0 Å². The Hall–Kier alpha value is -1.98. The molecule has 0 aliphatic heterocycles. The molecule has 0 unspecified atom stereocenters. The first kappa shape index (κ1) is 12.1. The monoisotopic (exact) mass is 260 g/mol. The summed E-state index contributed by atoms with van der Waals surface area (Å²) in [7, 11) is 0. The lowest BCUT2D eigenvalue weighted by molar-refractivity contribution is -0.151. The number of carbonyl (C=O) groups is 1. The molecular weight excluding hydrogens is 244 g/mol. The maximum absolute atomic E-state index is 11.5. The first-order valence-corrected chi connectivity index (χ1v) is 6.66. The third-order valence-corrected chi connectivity index (χ3v) is 3.39. The van der Waals surface area contributed by atoms with Gasteiger partial charge in [0.1, 0.15) is 0 Å². The van der Waals surface area contributed by atoms with E-state index in [4.69, 9.17) is 4.74 Å². The van der Waals surface area contributed by atoms with Crippen LogP contribution in [0.4, 0.5) is 0 Å². The zero-order valence-corrected chi connectivity index (χ0v) is 10.7. The smallest absolute Gasteiger partial charge is 0.308 e. The molecule has 6 heteroatoms. The first-order valence-electron chi connectivity index (χ1n) is 6.66. The number of hydrogen-bond donors (Lipinski definition) is 0. The number of carbonyl (C=O) groups excluding carboxylic acids is 1. The summed E-state index contributed by atoms with van der Waals surface area (Å²) in [5.41, 5.74) is 0. The minimum absolute atomic E-state index is 0.0455. The molecule has 1 fully saturated rings. The summed E-state index contributed by atoms with van der Waals surface area (Å²) in [6.07, 6.45) is 8.06. The van der Waals surface area contributed by atoms with E-state index in [1.54, 1.807) is 10.7 Å². The molecular formula is C13H16N4O2. The number of aromatic nitrogens is 4. The van der Waals surface area contributed by atoms with Crippen molar-refractivity contribution in [1.29, 1.82) is 0 Å². The van der Waals surface area contributed by atoms with Gasteiger partial charge in [0.2, 0.25) is 0 Å². The highest BCUT2D eigenvalue weighted by Crippen LogP contribution is 2.27. The predicted molar refractivity (Wildman–Crippen MR) is 67.4 cm³/mol. The van der Waals surface area contributed by atoms with Gasteiger partial charge in [-0.3, -0.25) is 4.79 Å². The van der Waals surface area contributed by atoms with Gasteiger partial charge < -0.3 is 4.74 Å². The second-order valence-electron chi connectivity index (χ2n) is 4.79. The van der Waals surface area contributed by atoms with E-state index in [9.17, 15) is 4.79 Å². The maximum atomic E-state index is 11.5. The zero-order chi connectivity index (χ0) is 13.1. The van der Waals surface area contributed by atoms with E-state index in [0.29, 0.717) is 18.8 Å². The van der Waals surface area contributed by atoms with E-state index in [1.807, 2.05) is 12.3 Å². The highest BCUT2D eigenvalue weighted by atomic mass is 16.5. The minimum atomic E-state index is -0.0455. The molecule has 2 aromatic heterocycles. The number of esters is 1. The Morgan fingerprint density at radius 1 is 1.47 bits per heavy atom. The Morgan fingerprint density at radius 3 is 3.11 bits per heavy atom. The van der Waals surface area contributed by atoms with Gasteiger partial charge in [-0.2, -0.15) is 4.98 Å². The number of rotatable bonds is 5. The molecule has 0 saturated heterocycles. The third kappa shape index (κ3) is 2.72. The van der Waals surface area contributed by atoms with Gasteiger partial charge in [-0.05, 0) is 25.3 Å². The van der Waals surface area contributed by atoms with Crippen molar-refractivity contribution in [1.82, 2.24) is 19.6 Å².